The second-order valence-corrected chi connectivity index (χ2v) is 7.05. The smallest absolute Gasteiger partial charge is 0.269 e. The van der Waals surface area contributed by atoms with Crippen molar-refractivity contribution in [3.8, 4) is 11.3 Å². The van der Waals surface area contributed by atoms with Gasteiger partial charge in [-0.15, -0.1) is 10.2 Å². The van der Waals surface area contributed by atoms with E-state index >= 15 is 0 Å². The monoisotopic (exact) mass is 375 g/mol. The zero-order chi connectivity index (χ0) is 19.5. The maximum atomic E-state index is 12.9. The second kappa shape index (κ2) is 7.59. The molecule has 4 aromatic rings. The highest BCUT2D eigenvalue weighted by Gasteiger charge is 2.23. The van der Waals surface area contributed by atoms with Gasteiger partial charge in [-0.25, -0.2) is 0 Å². The van der Waals surface area contributed by atoms with Gasteiger partial charge in [-0.3, -0.25) is 19.3 Å². The van der Waals surface area contributed by atoms with Gasteiger partial charge in [0.2, 0.25) is 0 Å². The Morgan fingerprint density at radius 3 is 2.79 bits per heavy atom. The highest BCUT2D eigenvalue weighted by Crippen LogP contribution is 2.22. The van der Waals surface area contributed by atoms with Gasteiger partial charge in [-0.05, 0) is 42.7 Å². The molecule has 28 heavy (non-hydrogen) atoms. The van der Waals surface area contributed by atoms with Gasteiger partial charge in [-0.2, -0.15) is 5.10 Å². The van der Waals surface area contributed by atoms with Gasteiger partial charge in [0.25, 0.3) is 5.91 Å². The van der Waals surface area contributed by atoms with Crippen LogP contribution in [0.3, 0.4) is 0 Å². The molecular weight excluding hydrogens is 354 g/mol. The van der Waals surface area contributed by atoms with Crippen LogP contribution in [0.4, 0.5) is 0 Å². The molecule has 0 fully saturated rings. The van der Waals surface area contributed by atoms with Crippen LogP contribution in [0.25, 0.3) is 16.9 Å². The number of fused-ring (bicyclic) bond motifs is 1. The predicted molar refractivity (Wildman–Crippen MR) is 104 cm³/mol. The largest absolute Gasteiger partial charge is 0.341 e. The topological polar surface area (TPSA) is 101 Å². The normalized spacial score (nSPS) is 12.4. The molecule has 142 valence electrons. The Hall–Kier alpha value is -3.55. The van der Waals surface area contributed by atoms with Crippen LogP contribution in [0.1, 0.15) is 42.6 Å². The molecule has 0 spiro atoms. The third-order valence-corrected chi connectivity index (χ3v) is 4.46. The molecule has 8 nitrogen and oxygen atoms in total. The number of carbonyl (C=O) groups is 1. The van der Waals surface area contributed by atoms with E-state index in [9.17, 15) is 4.79 Å². The van der Waals surface area contributed by atoms with E-state index in [1.54, 1.807) is 18.5 Å². The Morgan fingerprint density at radius 2 is 2.00 bits per heavy atom. The molecule has 0 saturated carbocycles. The van der Waals surface area contributed by atoms with Crippen LogP contribution in [0.2, 0.25) is 0 Å². The number of carbonyl (C=O) groups excluding carboxylic acids is 1. The molecule has 4 heterocycles. The molecular formula is C20H21N7O. The summed E-state index contributed by atoms with van der Waals surface area (Å²) in [5, 5.41) is 18.7. The molecule has 0 aliphatic carbocycles. The van der Waals surface area contributed by atoms with Gasteiger partial charge in [-0.1, -0.05) is 19.9 Å². The predicted octanol–water partition coefficient (Wildman–Crippen LogP) is 3.03. The summed E-state index contributed by atoms with van der Waals surface area (Å²) in [6.07, 6.45) is 6.03. The average Bonchev–Trinajstić information content (AvgIpc) is 3.35. The van der Waals surface area contributed by atoms with Crippen LogP contribution in [0.15, 0.2) is 55.0 Å². The first kappa shape index (κ1) is 17.8. The minimum absolute atomic E-state index is 0.230. The van der Waals surface area contributed by atoms with Crippen molar-refractivity contribution in [3.63, 3.8) is 0 Å². The number of pyridine rings is 2. The molecule has 0 aliphatic heterocycles. The van der Waals surface area contributed by atoms with Crippen LogP contribution in [0, 0.1) is 5.92 Å². The lowest BCUT2D eigenvalue weighted by atomic mass is 10.0. The van der Waals surface area contributed by atoms with Crippen LogP contribution in [-0.4, -0.2) is 35.7 Å². The molecule has 0 bridgehead atoms. The number of aromatic nitrogens is 6. The fourth-order valence-electron chi connectivity index (χ4n) is 3.14. The Kier molecular flexibility index (Phi) is 4.84. The summed E-state index contributed by atoms with van der Waals surface area (Å²) in [5.74, 6) is 0.855. The van der Waals surface area contributed by atoms with Crippen LogP contribution in [0.5, 0.6) is 0 Å². The fraction of sp³-hybridized carbons (Fsp3) is 0.250. The maximum absolute atomic E-state index is 12.9. The fourth-order valence-corrected chi connectivity index (χ4v) is 3.14. The molecule has 0 aromatic carbocycles. The molecule has 0 saturated heterocycles. The van der Waals surface area contributed by atoms with Crippen molar-refractivity contribution >= 4 is 11.6 Å². The van der Waals surface area contributed by atoms with E-state index in [1.165, 1.54) is 0 Å². The van der Waals surface area contributed by atoms with Gasteiger partial charge >= 0.3 is 0 Å². The second-order valence-electron chi connectivity index (χ2n) is 7.05. The number of H-pyrrole nitrogens is 1. The number of hydrogen-bond donors (Lipinski definition) is 2. The van der Waals surface area contributed by atoms with Crippen LogP contribution >= 0.6 is 0 Å². The number of rotatable bonds is 6. The molecule has 0 radical (unpaired) electrons. The minimum atomic E-state index is -0.266. The standard InChI is InChI=1S/C20H21N7O/c1-13(2)11-16(19-26-25-18-5-3-4-10-27(18)19)22-20(28)17-12-15(23-24-17)14-6-8-21-9-7-14/h3-10,12-13,16H,11H2,1-2H3,(H,22,28)(H,23,24)/t16-/m1/s1. The Balaban J connectivity index is 1.59. The van der Waals surface area contributed by atoms with Crippen molar-refractivity contribution in [2.45, 2.75) is 26.3 Å². The van der Waals surface area contributed by atoms with Crippen molar-refractivity contribution in [2.24, 2.45) is 5.92 Å². The molecule has 1 amide bonds. The first-order chi connectivity index (χ1) is 13.6. The molecule has 4 rings (SSSR count). The summed E-state index contributed by atoms with van der Waals surface area (Å²) in [6.45, 7) is 4.22. The van der Waals surface area contributed by atoms with Crippen molar-refractivity contribution in [2.75, 3.05) is 0 Å². The van der Waals surface area contributed by atoms with Gasteiger partial charge in [0.05, 0.1) is 11.7 Å². The summed E-state index contributed by atoms with van der Waals surface area (Å²) in [4.78, 5) is 16.9. The van der Waals surface area contributed by atoms with E-state index in [1.807, 2.05) is 40.9 Å². The van der Waals surface area contributed by atoms with Crippen molar-refractivity contribution in [3.05, 3.63) is 66.5 Å². The van der Waals surface area contributed by atoms with Gasteiger partial charge in [0.1, 0.15) is 5.69 Å². The van der Waals surface area contributed by atoms with E-state index in [4.69, 9.17) is 0 Å². The van der Waals surface area contributed by atoms with Crippen molar-refractivity contribution in [1.29, 1.82) is 0 Å². The Morgan fingerprint density at radius 1 is 1.18 bits per heavy atom. The number of nitrogens with one attached hydrogen (secondary N) is 2. The molecule has 2 N–H and O–H groups in total. The highest BCUT2D eigenvalue weighted by molar-refractivity contribution is 5.93. The Bertz CT molecular complexity index is 1080. The van der Waals surface area contributed by atoms with E-state index in [-0.39, 0.29) is 11.9 Å². The molecule has 1 atom stereocenters. The molecule has 0 unspecified atom stereocenters. The van der Waals surface area contributed by atoms with E-state index in [2.05, 4.69) is 44.5 Å². The molecule has 0 aliphatic rings. The summed E-state index contributed by atoms with van der Waals surface area (Å²) < 4.78 is 1.91. The number of aromatic amines is 1. The number of hydrogen-bond acceptors (Lipinski definition) is 5. The minimum Gasteiger partial charge on any atom is -0.341 e. The Labute approximate surface area is 162 Å². The number of nitrogens with zero attached hydrogens (tertiary/aromatic N) is 5. The zero-order valence-corrected chi connectivity index (χ0v) is 15.7. The third kappa shape index (κ3) is 3.62. The average molecular weight is 375 g/mol. The summed E-state index contributed by atoms with van der Waals surface area (Å²) >= 11 is 0. The summed E-state index contributed by atoms with van der Waals surface area (Å²) in [6, 6.07) is 10.9. The first-order valence-corrected chi connectivity index (χ1v) is 9.18. The zero-order valence-electron chi connectivity index (χ0n) is 15.7. The summed E-state index contributed by atoms with van der Waals surface area (Å²) in [5.41, 5.74) is 2.74. The van der Waals surface area contributed by atoms with E-state index in [0.29, 0.717) is 23.1 Å². The highest BCUT2D eigenvalue weighted by atomic mass is 16.2. The van der Waals surface area contributed by atoms with Gasteiger partial charge in [0.15, 0.2) is 11.5 Å². The van der Waals surface area contributed by atoms with Crippen LogP contribution in [-0.2, 0) is 0 Å². The number of amides is 1. The van der Waals surface area contributed by atoms with Crippen LogP contribution < -0.4 is 5.32 Å². The third-order valence-electron chi connectivity index (χ3n) is 4.46. The quantitative estimate of drug-likeness (QED) is 0.539. The van der Waals surface area contributed by atoms with E-state index < -0.39 is 0 Å². The van der Waals surface area contributed by atoms with Crippen molar-refractivity contribution < 1.29 is 4.79 Å². The lowest BCUT2D eigenvalue weighted by molar-refractivity contribution is 0.0924. The van der Waals surface area contributed by atoms with Crippen molar-refractivity contribution in [1.82, 2.24) is 35.1 Å². The lowest BCUT2D eigenvalue weighted by Crippen LogP contribution is -2.31. The first-order valence-electron chi connectivity index (χ1n) is 9.18. The molecule has 8 heteroatoms. The van der Waals surface area contributed by atoms with Gasteiger partial charge in [0, 0.05) is 24.2 Å². The SMILES string of the molecule is CC(C)C[C@@H](NC(=O)c1cc(-c2ccncc2)n[nH]1)c1nnc2ccccn12. The van der Waals surface area contributed by atoms with E-state index in [0.717, 1.165) is 17.6 Å². The lowest BCUT2D eigenvalue weighted by Gasteiger charge is -2.18. The van der Waals surface area contributed by atoms with Gasteiger partial charge < -0.3 is 5.32 Å². The summed E-state index contributed by atoms with van der Waals surface area (Å²) in [7, 11) is 0. The molecule has 4 aromatic heterocycles. The maximum Gasteiger partial charge on any atom is 0.269 e.